The molecular formula is C27H33Cl2Zr. The van der Waals surface area contributed by atoms with E-state index in [1.54, 1.807) is 72.5 Å². The average Bonchev–Trinajstić information content (AvgIpc) is 3.11. The third-order valence-corrected chi connectivity index (χ3v) is 9.63. The van der Waals surface area contributed by atoms with Crippen molar-refractivity contribution in [3.05, 3.63) is 51.6 Å². The predicted octanol–water partition coefficient (Wildman–Crippen LogP) is 1.15. The second kappa shape index (κ2) is 10.2. The van der Waals surface area contributed by atoms with Gasteiger partial charge in [0.25, 0.3) is 0 Å². The summed E-state index contributed by atoms with van der Waals surface area (Å²) in [5.41, 5.74) is 12.9. The summed E-state index contributed by atoms with van der Waals surface area (Å²) in [6, 6.07) is 7.80. The Morgan fingerprint density at radius 1 is 0.700 bits per heavy atom. The Morgan fingerprint density at radius 3 is 1.90 bits per heavy atom. The SMILES string of the molecule is Cc1cc(C2CCCCC2)cc2c1Cc1c-2cc(C2CCCCC2)[c]([Zr+2])c1C.[Cl-].[Cl-]. The molecule has 0 saturated heterocycles. The van der Waals surface area contributed by atoms with E-state index in [0.717, 1.165) is 11.8 Å². The fourth-order valence-electron chi connectivity index (χ4n) is 6.26. The summed E-state index contributed by atoms with van der Waals surface area (Å²) in [6.07, 6.45) is 15.4. The second-order valence-electron chi connectivity index (χ2n) is 9.70. The minimum atomic E-state index is 0. The van der Waals surface area contributed by atoms with Gasteiger partial charge in [-0.05, 0) is 0 Å². The minimum absolute atomic E-state index is 0. The van der Waals surface area contributed by atoms with E-state index in [-0.39, 0.29) is 24.8 Å². The summed E-state index contributed by atoms with van der Waals surface area (Å²) in [4.78, 5) is 0. The fourth-order valence-corrected chi connectivity index (χ4v) is 7.31. The number of hydrogen-bond acceptors (Lipinski definition) is 0. The second-order valence-corrected chi connectivity index (χ2v) is 10.9. The van der Waals surface area contributed by atoms with Crippen LogP contribution in [0.4, 0.5) is 0 Å². The van der Waals surface area contributed by atoms with Gasteiger partial charge in [0.1, 0.15) is 0 Å². The normalized spacial score (nSPS) is 18.9. The van der Waals surface area contributed by atoms with Crippen molar-refractivity contribution in [2.75, 3.05) is 0 Å². The van der Waals surface area contributed by atoms with Gasteiger partial charge in [-0.3, -0.25) is 0 Å². The molecule has 2 fully saturated rings. The van der Waals surface area contributed by atoms with Gasteiger partial charge >= 0.3 is 187 Å². The summed E-state index contributed by atoms with van der Waals surface area (Å²) >= 11 is 1.62. The minimum Gasteiger partial charge on any atom is -1.00 e. The Kier molecular flexibility index (Phi) is 8.37. The molecule has 3 heteroatoms. The molecular weight excluding hydrogens is 486 g/mol. The van der Waals surface area contributed by atoms with Gasteiger partial charge in [-0.1, -0.05) is 0 Å². The largest absolute Gasteiger partial charge is 1.00 e. The van der Waals surface area contributed by atoms with Crippen LogP contribution in [0.2, 0.25) is 0 Å². The molecule has 0 atom stereocenters. The van der Waals surface area contributed by atoms with Gasteiger partial charge in [-0.25, -0.2) is 0 Å². The zero-order chi connectivity index (χ0) is 19.3. The van der Waals surface area contributed by atoms with Gasteiger partial charge in [-0.15, -0.1) is 0 Å². The molecule has 30 heavy (non-hydrogen) atoms. The Bertz CT molecular complexity index is 906. The molecule has 0 aliphatic heterocycles. The first kappa shape index (κ1) is 24.5. The van der Waals surface area contributed by atoms with Crippen LogP contribution in [0.15, 0.2) is 18.2 Å². The summed E-state index contributed by atoms with van der Waals surface area (Å²) in [5, 5.41) is 0. The number of aryl methyl sites for hydroxylation is 1. The quantitative estimate of drug-likeness (QED) is 0.477. The van der Waals surface area contributed by atoms with Crippen molar-refractivity contribution in [1.29, 1.82) is 0 Å². The van der Waals surface area contributed by atoms with Crippen LogP contribution in [0.25, 0.3) is 11.1 Å². The fraction of sp³-hybridized carbons (Fsp3) is 0.556. The third-order valence-electron chi connectivity index (χ3n) is 8.00. The number of fused-ring (bicyclic) bond motifs is 3. The molecule has 3 aliphatic carbocycles. The topological polar surface area (TPSA) is 0 Å². The Labute approximate surface area is 210 Å². The van der Waals surface area contributed by atoms with Gasteiger partial charge < -0.3 is 24.8 Å². The molecule has 0 heterocycles. The Balaban J connectivity index is 0.00000128. The van der Waals surface area contributed by atoms with E-state index < -0.39 is 0 Å². The number of hydrogen-bond donors (Lipinski definition) is 0. The number of rotatable bonds is 2. The van der Waals surface area contributed by atoms with Gasteiger partial charge in [0.05, 0.1) is 0 Å². The predicted molar refractivity (Wildman–Crippen MR) is 115 cm³/mol. The van der Waals surface area contributed by atoms with Crippen LogP contribution in [0, 0.1) is 13.8 Å². The van der Waals surface area contributed by atoms with Gasteiger partial charge in [0, 0.05) is 0 Å². The van der Waals surface area contributed by atoms with Gasteiger partial charge in [0.15, 0.2) is 0 Å². The van der Waals surface area contributed by atoms with Crippen molar-refractivity contribution < 1.29 is 49.5 Å². The number of halogens is 2. The van der Waals surface area contributed by atoms with E-state index in [1.807, 2.05) is 0 Å². The van der Waals surface area contributed by atoms with E-state index in [2.05, 4.69) is 32.0 Å². The van der Waals surface area contributed by atoms with Crippen molar-refractivity contribution in [3.8, 4) is 11.1 Å². The molecule has 0 unspecified atom stereocenters. The van der Waals surface area contributed by atoms with Crippen LogP contribution in [-0.2, 0) is 31.1 Å². The summed E-state index contributed by atoms with van der Waals surface area (Å²) < 4.78 is 1.68. The van der Waals surface area contributed by atoms with Crippen molar-refractivity contribution in [2.24, 2.45) is 0 Å². The van der Waals surface area contributed by atoms with Crippen LogP contribution in [0.3, 0.4) is 0 Å². The first-order chi connectivity index (χ1) is 13.6. The molecule has 159 valence electrons. The van der Waals surface area contributed by atoms with E-state index in [9.17, 15) is 0 Å². The Hall–Kier alpha value is -0.0969. The molecule has 2 aromatic rings. The zero-order valence-corrected chi connectivity index (χ0v) is 22.4. The number of benzene rings is 2. The molecule has 0 amide bonds. The molecule has 3 aliphatic rings. The molecule has 0 nitrogen and oxygen atoms in total. The van der Waals surface area contributed by atoms with E-state index in [1.165, 1.54) is 70.6 Å². The summed E-state index contributed by atoms with van der Waals surface area (Å²) in [7, 11) is 0. The standard InChI is InChI=1S/C27H33.2ClH.Zr/c1-18-13-22(20-9-5-3-6-10-20)15-26-24(18)17-25-19(2)14-23(16-27(25)26)21-11-7-4-8-12-21;;;/h13,15-16,20-21H,3-12,17H2,1-2H3;2*1H;/q;;;+2/p-2. The maximum Gasteiger partial charge on any atom is -1.00 e. The van der Waals surface area contributed by atoms with Crippen LogP contribution in [-0.4, -0.2) is 0 Å². The van der Waals surface area contributed by atoms with Crippen molar-refractivity contribution in [2.45, 2.75) is 96.3 Å². The molecule has 0 bridgehead atoms. The maximum atomic E-state index is 2.65. The molecule has 0 aromatic heterocycles. The molecule has 5 rings (SSSR count). The van der Waals surface area contributed by atoms with Crippen LogP contribution in [0.1, 0.15) is 109 Å². The van der Waals surface area contributed by atoms with Gasteiger partial charge in [-0.2, -0.15) is 0 Å². The van der Waals surface area contributed by atoms with Crippen molar-refractivity contribution in [3.63, 3.8) is 0 Å². The molecule has 0 N–H and O–H groups in total. The molecule has 2 aromatic carbocycles. The summed E-state index contributed by atoms with van der Waals surface area (Å²) in [6.45, 7) is 4.78. The van der Waals surface area contributed by atoms with E-state index in [4.69, 9.17) is 0 Å². The Morgan fingerprint density at radius 2 is 1.27 bits per heavy atom. The van der Waals surface area contributed by atoms with Crippen LogP contribution >= 0.6 is 0 Å². The van der Waals surface area contributed by atoms with Gasteiger partial charge in [0.2, 0.25) is 0 Å². The van der Waals surface area contributed by atoms with Crippen molar-refractivity contribution >= 4 is 3.27 Å². The molecule has 0 spiro atoms. The third kappa shape index (κ3) is 4.38. The maximum absolute atomic E-state index is 2.65. The first-order valence-electron chi connectivity index (χ1n) is 11.6. The zero-order valence-electron chi connectivity index (χ0n) is 18.4. The first-order valence-corrected chi connectivity index (χ1v) is 12.9. The van der Waals surface area contributed by atoms with Crippen LogP contribution in [0.5, 0.6) is 0 Å². The molecule has 0 radical (unpaired) electrons. The van der Waals surface area contributed by atoms with E-state index in [0.29, 0.717) is 0 Å². The monoisotopic (exact) mass is 517 g/mol. The van der Waals surface area contributed by atoms with Crippen molar-refractivity contribution in [1.82, 2.24) is 0 Å². The van der Waals surface area contributed by atoms with E-state index >= 15 is 0 Å². The average molecular weight is 520 g/mol. The summed E-state index contributed by atoms with van der Waals surface area (Å²) in [5.74, 6) is 1.62. The van der Waals surface area contributed by atoms with Crippen LogP contribution < -0.4 is 28.1 Å². The molecule has 2 saturated carbocycles. The smallest absolute Gasteiger partial charge is 1.00 e.